The van der Waals surface area contributed by atoms with Gasteiger partial charge in [0, 0.05) is 10.8 Å². The molecule has 8 heteroatoms. The van der Waals surface area contributed by atoms with Gasteiger partial charge < -0.3 is 15.5 Å². The molecule has 0 bridgehead atoms. The molecule has 1 heterocycles. The fourth-order valence-corrected chi connectivity index (χ4v) is 2.29. The van der Waals surface area contributed by atoms with Crippen molar-refractivity contribution in [1.82, 2.24) is 10.3 Å². The summed E-state index contributed by atoms with van der Waals surface area (Å²) in [4.78, 5) is 26.1. The fraction of sp³-hybridized carbons (Fsp3) is 0.154. The van der Waals surface area contributed by atoms with E-state index in [4.69, 9.17) is 5.11 Å². The Morgan fingerprint density at radius 1 is 1.33 bits per heavy atom. The molecule has 6 nitrogen and oxygen atoms in total. The molecule has 0 fully saturated rings. The van der Waals surface area contributed by atoms with Crippen LogP contribution in [0, 0.1) is 0 Å². The highest BCUT2D eigenvalue weighted by Crippen LogP contribution is 2.33. The lowest BCUT2D eigenvalue weighted by molar-refractivity contribution is -0.135. The molecule has 2 rings (SSSR count). The molecule has 0 radical (unpaired) electrons. The average Bonchev–Trinajstić information content (AvgIpc) is 2.47. The van der Waals surface area contributed by atoms with Gasteiger partial charge in [-0.1, -0.05) is 12.1 Å². The van der Waals surface area contributed by atoms with Crippen LogP contribution in [0.25, 0.3) is 10.8 Å². The molecule has 0 aliphatic heterocycles. The first-order valence-corrected chi connectivity index (χ1v) is 6.60. The SMILES string of the molecule is O=C(O)CNC(=O)c1nc(Br)c2cc(CF)ccc2c1O. The van der Waals surface area contributed by atoms with Crippen molar-refractivity contribution in [3.63, 3.8) is 0 Å². The Hall–Kier alpha value is -2.22. The molecule has 0 aliphatic carbocycles. The number of benzene rings is 1. The summed E-state index contributed by atoms with van der Waals surface area (Å²) < 4.78 is 12.9. The van der Waals surface area contributed by atoms with E-state index in [0.717, 1.165) is 0 Å². The summed E-state index contributed by atoms with van der Waals surface area (Å²) in [6.07, 6.45) is 0. The largest absolute Gasteiger partial charge is 0.505 e. The van der Waals surface area contributed by atoms with E-state index in [0.29, 0.717) is 16.3 Å². The van der Waals surface area contributed by atoms with Gasteiger partial charge in [-0.2, -0.15) is 0 Å². The zero-order valence-corrected chi connectivity index (χ0v) is 12.1. The van der Waals surface area contributed by atoms with E-state index in [1.807, 2.05) is 0 Å². The molecule has 0 unspecified atom stereocenters. The third kappa shape index (κ3) is 3.10. The lowest BCUT2D eigenvalue weighted by Crippen LogP contribution is -2.30. The number of aromatic nitrogens is 1. The van der Waals surface area contributed by atoms with Gasteiger partial charge in [-0.05, 0) is 27.6 Å². The molecule has 2 aromatic rings. The van der Waals surface area contributed by atoms with Gasteiger partial charge in [0.25, 0.3) is 5.91 Å². The molecule has 0 saturated carbocycles. The van der Waals surface area contributed by atoms with Crippen molar-refractivity contribution < 1.29 is 24.2 Å². The summed E-state index contributed by atoms with van der Waals surface area (Å²) in [5.41, 5.74) is 0.108. The molecule has 1 aromatic carbocycles. The Kier molecular flexibility index (Phi) is 4.37. The minimum Gasteiger partial charge on any atom is -0.505 e. The van der Waals surface area contributed by atoms with Gasteiger partial charge in [0.15, 0.2) is 11.4 Å². The van der Waals surface area contributed by atoms with E-state index in [-0.39, 0.29) is 16.0 Å². The van der Waals surface area contributed by atoms with Crippen molar-refractivity contribution >= 4 is 38.6 Å². The molecule has 110 valence electrons. The first-order valence-electron chi connectivity index (χ1n) is 5.81. The number of rotatable bonds is 4. The quantitative estimate of drug-likeness (QED) is 0.727. The Balaban J connectivity index is 2.50. The summed E-state index contributed by atoms with van der Waals surface area (Å²) in [7, 11) is 0. The fourth-order valence-electron chi connectivity index (χ4n) is 1.79. The highest BCUT2D eigenvalue weighted by Gasteiger charge is 2.19. The van der Waals surface area contributed by atoms with Crippen molar-refractivity contribution in [2.45, 2.75) is 6.67 Å². The summed E-state index contributed by atoms with van der Waals surface area (Å²) in [5, 5.41) is 21.5. The van der Waals surface area contributed by atoms with Crippen LogP contribution in [0.15, 0.2) is 22.8 Å². The first kappa shape index (κ1) is 15.2. The van der Waals surface area contributed by atoms with Crippen molar-refractivity contribution in [3.05, 3.63) is 34.1 Å². The van der Waals surface area contributed by atoms with E-state index in [1.165, 1.54) is 18.2 Å². The highest BCUT2D eigenvalue weighted by molar-refractivity contribution is 9.10. The van der Waals surface area contributed by atoms with Crippen molar-refractivity contribution in [3.8, 4) is 5.75 Å². The number of carbonyl (C=O) groups excluding carboxylic acids is 1. The average molecular weight is 357 g/mol. The number of aromatic hydroxyl groups is 1. The molecule has 0 spiro atoms. The number of amides is 1. The maximum atomic E-state index is 12.7. The third-order valence-corrected chi connectivity index (χ3v) is 3.37. The molecule has 21 heavy (non-hydrogen) atoms. The predicted octanol–water partition coefficient (Wildman–Crippen LogP) is 1.99. The molecular weight excluding hydrogens is 347 g/mol. The van der Waals surface area contributed by atoms with Crippen LogP contribution in [0.3, 0.4) is 0 Å². The van der Waals surface area contributed by atoms with Crippen LogP contribution in [0.1, 0.15) is 16.1 Å². The predicted molar refractivity (Wildman–Crippen MR) is 75.9 cm³/mol. The molecule has 1 aromatic heterocycles. The van der Waals surface area contributed by atoms with Gasteiger partial charge in [-0.15, -0.1) is 0 Å². The minimum absolute atomic E-state index is 0.256. The number of carboxylic acid groups (broad SMARTS) is 1. The smallest absolute Gasteiger partial charge is 0.322 e. The normalized spacial score (nSPS) is 10.6. The van der Waals surface area contributed by atoms with E-state index in [2.05, 4.69) is 26.2 Å². The zero-order chi connectivity index (χ0) is 15.6. The number of aliphatic carboxylic acids is 1. The summed E-state index contributed by atoms with van der Waals surface area (Å²) >= 11 is 3.15. The lowest BCUT2D eigenvalue weighted by atomic mass is 10.1. The van der Waals surface area contributed by atoms with Gasteiger partial charge in [0.05, 0.1) is 0 Å². The van der Waals surface area contributed by atoms with Crippen LogP contribution in [0.4, 0.5) is 4.39 Å². The van der Waals surface area contributed by atoms with Crippen molar-refractivity contribution in [2.75, 3.05) is 6.54 Å². The second kappa shape index (κ2) is 6.04. The molecule has 0 aliphatic rings. The number of nitrogens with one attached hydrogen (secondary N) is 1. The number of carbonyl (C=O) groups is 2. The molecular formula is C13H10BrFN2O4. The number of pyridine rings is 1. The summed E-state index contributed by atoms with van der Waals surface area (Å²) in [6.45, 7) is -1.25. The van der Waals surface area contributed by atoms with Crippen LogP contribution in [-0.4, -0.2) is 33.6 Å². The van der Waals surface area contributed by atoms with Crippen LogP contribution >= 0.6 is 15.9 Å². The Labute approximate surface area is 126 Å². The van der Waals surface area contributed by atoms with Crippen LogP contribution in [0.5, 0.6) is 5.75 Å². The number of alkyl halides is 1. The van der Waals surface area contributed by atoms with Gasteiger partial charge in [0.1, 0.15) is 17.8 Å². The number of nitrogens with zero attached hydrogens (tertiary/aromatic N) is 1. The van der Waals surface area contributed by atoms with Crippen LogP contribution in [0.2, 0.25) is 0 Å². The van der Waals surface area contributed by atoms with Crippen LogP contribution in [-0.2, 0) is 11.5 Å². The maximum absolute atomic E-state index is 12.7. The summed E-state index contributed by atoms with van der Waals surface area (Å²) in [5.74, 6) is -2.41. The monoisotopic (exact) mass is 356 g/mol. The second-order valence-corrected chi connectivity index (χ2v) is 4.94. The number of halogens is 2. The standard InChI is InChI=1S/C13H10BrFN2O4/c14-12-8-3-6(4-15)1-2-7(8)11(20)10(17-12)13(21)16-5-9(18)19/h1-3,20H,4-5H2,(H,16,21)(H,18,19). The van der Waals surface area contributed by atoms with Gasteiger partial charge in [0.2, 0.25) is 0 Å². The number of fused-ring (bicyclic) bond motifs is 1. The topological polar surface area (TPSA) is 99.5 Å². The highest BCUT2D eigenvalue weighted by atomic mass is 79.9. The van der Waals surface area contributed by atoms with E-state index in [9.17, 15) is 19.1 Å². The molecule has 1 amide bonds. The van der Waals surface area contributed by atoms with E-state index in [1.54, 1.807) is 0 Å². The number of carboxylic acids is 1. The first-order chi connectivity index (χ1) is 9.93. The lowest BCUT2D eigenvalue weighted by Gasteiger charge is -2.09. The van der Waals surface area contributed by atoms with Gasteiger partial charge in [-0.25, -0.2) is 9.37 Å². The molecule has 0 atom stereocenters. The molecule has 3 N–H and O–H groups in total. The third-order valence-electron chi connectivity index (χ3n) is 2.77. The van der Waals surface area contributed by atoms with E-state index < -0.39 is 25.1 Å². The van der Waals surface area contributed by atoms with Gasteiger partial charge >= 0.3 is 5.97 Å². The Bertz CT molecular complexity index is 736. The maximum Gasteiger partial charge on any atom is 0.322 e. The van der Waals surface area contributed by atoms with E-state index >= 15 is 0 Å². The Morgan fingerprint density at radius 3 is 2.67 bits per heavy atom. The molecule has 0 saturated heterocycles. The van der Waals surface area contributed by atoms with Crippen LogP contribution < -0.4 is 5.32 Å². The number of hydrogen-bond acceptors (Lipinski definition) is 4. The van der Waals surface area contributed by atoms with Crippen molar-refractivity contribution in [2.24, 2.45) is 0 Å². The minimum atomic E-state index is -1.21. The number of hydrogen-bond donors (Lipinski definition) is 3. The zero-order valence-electron chi connectivity index (χ0n) is 10.6. The second-order valence-electron chi connectivity index (χ2n) is 4.19. The Morgan fingerprint density at radius 2 is 2.05 bits per heavy atom. The van der Waals surface area contributed by atoms with Gasteiger partial charge in [-0.3, -0.25) is 9.59 Å². The summed E-state index contributed by atoms with van der Waals surface area (Å²) in [6, 6.07) is 4.46. The van der Waals surface area contributed by atoms with Crippen molar-refractivity contribution in [1.29, 1.82) is 0 Å².